The summed E-state index contributed by atoms with van der Waals surface area (Å²) >= 11 is 1.50. The highest BCUT2D eigenvalue weighted by Crippen LogP contribution is 2.20. The number of carbonyl (C=O) groups excluding carboxylic acids is 1. The van der Waals surface area contributed by atoms with E-state index in [0.29, 0.717) is 13.2 Å². The first-order chi connectivity index (χ1) is 14.0. The number of aromatic nitrogens is 1. The summed E-state index contributed by atoms with van der Waals surface area (Å²) in [6.45, 7) is 6.71. The first-order valence-corrected chi connectivity index (χ1v) is 10.5. The lowest BCUT2D eigenvalue weighted by atomic mass is 10.1. The fourth-order valence-electron chi connectivity index (χ4n) is 2.88. The van der Waals surface area contributed by atoms with Gasteiger partial charge in [-0.1, -0.05) is 36.8 Å². The number of hydrogen-bond acceptors (Lipinski definition) is 4. The normalized spacial score (nSPS) is 11.9. The van der Waals surface area contributed by atoms with Crippen molar-refractivity contribution in [1.29, 1.82) is 0 Å². The van der Waals surface area contributed by atoms with Gasteiger partial charge in [-0.25, -0.2) is 9.37 Å². The Balaban J connectivity index is 1.69. The molecule has 0 unspecified atom stereocenters. The molecule has 1 amide bonds. The third-order valence-electron chi connectivity index (χ3n) is 4.80. The quantitative estimate of drug-likeness (QED) is 0.483. The van der Waals surface area contributed by atoms with Crippen LogP contribution in [-0.2, 0) is 13.2 Å². The highest BCUT2D eigenvalue weighted by molar-refractivity contribution is 7.09. The molecule has 0 radical (unpaired) electrons. The standard InChI is InChI=1S/C23H25FN2O2S/c1-4-17(3)26(23(27)20-7-5-6-8-21(20)24)13-18-15-29-22(25-18)14-28-19-11-9-16(2)10-12-19/h5-12,15,17H,4,13-14H2,1-3H3/t17-/m1/s1. The summed E-state index contributed by atoms with van der Waals surface area (Å²) in [5, 5.41) is 2.76. The summed E-state index contributed by atoms with van der Waals surface area (Å²) in [6, 6.07) is 13.9. The van der Waals surface area contributed by atoms with Crippen molar-refractivity contribution in [3.63, 3.8) is 0 Å². The monoisotopic (exact) mass is 412 g/mol. The summed E-state index contributed by atoms with van der Waals surface area (Å²) in [4.78, 5) is 19.2. The lowest BCUT2D eigenvalue weighted by molar-refractivity contribution is 0.0664. The Hall–Kier alpha value is -2.73. The molecule has 1 aromatic heterocycles. The van der Waals surface area contributed by atoms with E-state index in [1.807, 2.05) is 50.4 Å². The molecule has 0 aliphatic carbocycles. The minimum Gasteiger partial charge on any atom is -0.486 e. The molecular weight excluding hydrogens is 387 g/mol. The Labute approximate surface area is 175 Å². The number of amides is 1. The van der Waals surface area contributed by atoms with Gasteiger partial charge in [0.05, 0.1) is 17.8 Å². The second-order valence-corrected chi connectivity index (χ2v) is 7.95. The number of carbonyl (C=O) groups is 1. The molecule has 0 bridgehead atoms. The largest absolute Gasteiger partial charge is 0.486 e. The molecule has 3 aromatic rings. The number of halogens is 1. The van der Waals surface area contributed by atoms with Gasteiger partial charge in [0.2, 0.25) is 0 Å². The minimum absolute atomic E-state index is 0.0314. The maximum Gasteiger partial charge on any atom is 0.257 e. The summed E-state index contributed by atoms with van der Waals surface area (Å²) < 4.78 is 19.9. The average Bonchev–Trinajstić information content (AvgIpc) is 3.18. The van der Waals surface area contributed by atoms with Gasteiger partial charge in [0.15, 0.2) is 0 Å². The van der Waals surface area contributed by atoms with Crippen molar-refractivity contribution in [3.8, 4) is 5.75 Å². The molecule has 0 saturated heterocycles. The van der Waals surface area contributed by atoms with Crippen LogP contribution in [-0.4, -0.2) is 21.8 Å². The van der Waals surface area contributed by atoms with Crippen molar-refractivity contribution in [2.24, 2.45) is 0 Å². The van der Waals surface area contributed by atoms with E-state index in [1.165, 1.54) is 29.0 Å². The zero-order chi connectivity index (χ0) is 20.8. The number of nitrogens with zero attached hydrogens (tertiary/aromatic N) is 2. The Bertz CT molecular complexity index is 956. The molecule has 0 aliphatic heterocycles. The van der Waals surface area contributed by atoms with Crippen LogP contribution < -0.4 is 4.74 Å². The zero-order valence-corrected chi connectivity index (χ0v) is 17.7. The number of thiazole rings is 1. The summed E-state index contributed by atoms with van der Waals surface area (Å²) in [7, 11) is 0. The van der Waals surface area contributed by atoms with Crippen LogP contribution >= 0.6 is 11.3 Å². The van der Waals surface area contributed by atoms with Crippen LogP contribution in [0.4, 0.5) is 4.39 Å². The van der Waals surface area contributed by atoms with E-state index >= 15 is 0 Å². The molecule has 0 aliphatic rings. The van der Waals surface area contributed by atoms with Crippen LogP contribution in [0.5, 0.6) is 5.75 Å². The van der Waals surface area contributed by atoms with Crippen molar-refractivity contribution in [2.45, 2.75) is 46.4 Å². The van der Waals surface area contributed by atoms with Gasteiger partial charge in [-0.05, 0) is 44.5 Å². The SMILES string of the molecule is CC[C@@H](C)N(Cc1csc(COc2ccc(C)cc2)n1)C(=O)c1ccccc1F. The van der Waals surface area contributed by atoms with Gasteiger partial charge >= 0.3 is 0 Å². The van der Waals surface area contributed by atoms with Crippen LogP contribution in [0, 0.1) is 12.7 Å². The molecule has 4 nitrogen and oxygen atoms in total. The van der Waals surface area contributed by atoms with E-state index in [9.17, 15) is 9.18 Å². The first kappa shape index (κ1) is 21.0. The van der Waals surface area contributed by atoms with E-state index in [0.717, 1.165) is 22.9 Å². The van der Waals surface area contributed by atoms with Crippen molar-refractivity contribution >= 4 is 17.2 Å². The zero-order valence-electron chi connectivity index (χ0n) is 16.9. The maximum atomic E-state index is 14.1. The Morgan fingerprint density at radius 1 is 1.21 bits per heavy atom. The second kappa shape index (κ2) is 9.65. The molecule has 0 saturated carbocycles. The number of aryl methyl sites for hydroxylation is 1. The van der Waals surface area contributed by atoms with E-state index in [1.54, 1.807) is 17.0 Å². The number of rotatable bonds is 8. The van der Waals surface area contributed by atoms with Crippen LogP contribution in [0.2, 0.25) is 0 Å². The molecule has 29 heavy (non-hydrogen) atoms. The molecule has 3 rings (SSSR count). The Kier molecular flexibility index (Phi) is 6.99. The second-order valence-electron chi connectivity index (χ2n) is 7.00. The number of benzene rings is 2. The molecule has 0 fully saturated rings. The lowest BCUT2D eigenvalue weighted by Crippen LogP contribution is -2.38. The van der Waals surface area contributed by atoms with E-state index in [2.05, 4.69) is 4.98 Å². The molecular formula is C23H25FN2O2S. The third kappa shape index (κ3) is 5.41. The van der Waals surface area contributed by atoms with Crippen molar-refractivity contribution in [3.05, 3.63) is 81.6 Å². The van der Waals surface area contributed by atoms with Gasteiger partial charge in [0, 0.05) is 11.4 Å². The molecule has 1 atom stereocenters. The van der Waals surface area contributed by atoms with Crippen molar-refractivity contribution < 1.29 is 13.9 Å². The predicted molar refractivity (Wildman–Crippen MR) is 114 cm³/mol. The lowest BCUT2D eigenvalue weighted by Gasteiger charge is -2.28. The molecule has 152 valence electrons. The molecule has 1 heterocycles. The van der Waals surface area contributed by atoms with E-state index < -0.39 is 5.82 Å². The molecule has 0 spiro atoms. The fraction of sp³-hybridized carbons (Fsp3) is 0.304. The summed E-state index contributed by atoms with van der Waals surface area (Å²) in [6.07, 6.45) is 0.772. The van der Waals surface area contributed by atoms with Gasteiger partial charge in [-0.2, -0.15) is 0 Å². The smallest absolute Gasteiger partial charge is 0.257 e. The van der Waals surface area contributed by atoms with Gasteiger partial charge in [0.1, 0.15) is 23.2 Å². The molecule has 6 heteroatoms. The van der Waals surface area contributed by atoms with Crippen LogP contribution in [0.3, 0.4) is 0 Å². The van der Waals surface area contributed by atoms with Gasteiger partial charge in [0.25, 0.3) is 5.91 Å². The first-order valence-electron chi connectivity index (χ1n) is 9.66. The predicted octanol–water partition coefficient (Wildman–Crippen LogP) is 5.61. The summed E-state index contributed by atoms with van der Waals surface area (Å²) in [5.41, 5.74) is 2.05. The van der Waals surface area contributed by atoms with Gasteiger partial charge in [-0.15, -0.1) is 11.3 Å². The van der Waals surface area contributed by atoms with E-state index in [-0.39, 0.29) is 17.5 Å². The topological polar surface area (TPSA) is 42.4 Å². The van der Waals surface area contributed by atoms with Crippen molar-refractivity contribution in [2.75, 3.05) is 0 Å². The molecule has 0 N–H and O–H groups in total. The maximum absolute atomic E-state index is 14.1. The Morgan fingerprint density at radius 2 is 1.93 bits per heavy atom. The van der Waals surface area contributed by atoms with Crippen LogP contribution in [0.25, 0.3) is 0 Å². The van der Waals surface area contributed by atoms with Gasteiger partial charge < -0.3 is 9.64 Å². The van der Waals surface area contributed by atoms with Crippen molar-refractivity contribution in [1.82, 2.24) is 9.88 Å². The van der Waals surface area contributed by atoms with Gasteiger partial charge in [-0.3, -0.25) is 4.79 Å². The minimum atomic E-state index is -0.503. The summed E-state index contributed by atoms with van der Waals surface area (Å²) in [5.74, 6) is -0.0255. The highest BCUT2D eigenvalue weighted by Gasteiger charge is 2.24. The van der Waals surface area contributed by atoms with Crippen LogP contribution in [0.1, 0.15) is 46.9 Å². The number of hydrogen-bond donors (Lipinski definition) is 0. The number of ether oxygens (including phenoxy) is 1. The fourth-order valence-corrected chi connectivity index (χ4v) is 3.58. The van der Waals surface area contributed by atoms with Crippen LogP contribution in [0.15, 0.2) is 53.9 Å². The third-order valence-corrected chi connectivity index (χ3v) is 5.67. The van der Waals surface area contributed by atoms with E-state index in [4.69, 9.17) is 4.74 Å². The highest BCUT2D eigenvalue weighted by atomic mass is 32.1. The molecule has 2 aromatic carbocycles. The Morgan fingerprint density at radius 3 is 2.62 bits per heavy atom. The average molecular weight is 413 g/mol.